The van der Waals surface area contributed by atoms with Gasteiger partial charge in [0.1, 0.15) is 17.2 Å². The van der Waals surface area contributed by atoms with Gasteiger partial charge in [-0.25, -0.2) is 8.78 Å². The van der Waals surface area contributed by atoms with Gasteiger partial charge in [-0.05, 0) is 66.7 Å². The van der Waals surface area contributed by atoms with Crippen LogP contribution in [0.3, 0.4) is 0 Å². The van der Waals surface area contributed by atoms with E-state index in [2.05, 4.69) is 5.32 Å². The van der Waals surface area contributed by atoms with Crippen molar-refractivity contribution in [3.63, 3.8) is 0 Å². The number of nitrogens with zero attached hydrogens (tertiary/aromatic N) is 1. The maximum atomic E-state index is 13.4. The minimum atomic E-state index is -0.535. The van der Waals surface area contributed by atoms with Gasteiger partial charge in [0.15, 0.2) is 5.76 Å². The van der Waals surface area contributed by atoms with Crippen molar-refractivity contribution in [2.45, 2.75) is 0 Å². The minimum Gasteiger partial charge on any atom is -0.451 e. The average molecular weight is 393 g/mol. The fraction of sp³-hybridized carbons (Fsp3) is 0.0455. The lowest BCUT2D eigenvalue weighted by Gasteiger charge is -2.19. The van der Waals surface area contributed by atoms with E-state index in [-0.39, 0.29) is 23.0 Å². The van der Waals surface area contributed by atoms with Crippen molar-refractivity contribution >= 4 is 39.6 Å². The SMILES string of the molecule is CN(c1ccc(F)cc1)c1ccc2oc(C(=O)Nc3cc(F)ccc3N)cc2c1. The van der Waals surface area contributed by atoms with E-state index in [4.69, 9.17) is 10.2 Å². The number of benzene rings is 3. The van der Waals surface area contributed by atoms with E-state index in [0.29, 0.717) is 11.0 Å². The first-order valence-electron chi connectivity index (χ1n) is 8.80. The lowest BCUT2D eigenvalue weighted by atomic mass is 10.2. The summed E-state index contributed by atoms with van der Waals surface area (Å²) in [6, 6.07) is 16.9. The first-order chi connectivity index (χ1) is 13.9. The summed E-state index contributed by atoms with van der Waals surface area (Å²) >= 11 is 0. The molecule has 0 aliphatic heterocycles. The van der Waals surface area contributed by atoms with Crippen molar-refractivity contribution in [3.05, 3.63) is 84.1 Å². The Hall–Kier alpha value is -3.87. The highest BCUT2D eigenvalue weighted by Crippen LogP contribution is 2.29. The zero-order valence-corrected chi connectivity index (χ0v) is 15.4. The first-order valence-corrected chi connectivity index (χ1v) is 8.80. The summed E-state index contributed by atoms with van der Waals surface area (Å²) in [5.41, 5.74) is 8.37. The van der Waals surface area contributed by atoms with Crippen LogP contribution < -0.4 is 16.0 Å². The quantitative estimate of drug-likeness (QED) is 0.461. The van der Waals surface area contributed by atoms with Gasteiger partial charge in [0, 0.05) is 23.8 Å². The summed E-state index contributed by atoms with van der Waals surface area (Å²) in [5, 5.41) is 3.27. The van der Waals surface area contributed by atoms with Crippen molar-refractivity contribution in [2.75, 3.05) is 23.0 Å². The van der Waals surface area contributed by atoms with Crippen LogP contribution in [0.5, 0.6) is 0 Å². The minimum absolute atomic E-state index is 0.0743. The number of fused-ring (bicyclic) bond motifs is 1. The van der Waals surface area contributed by atoms with E-state index in [1.165, 1.54) is 24.3 Å². The standard InChI is InChI=1S/C22H17F2N3O2/c1-27(16-5-2-14(23)3-6-16)17-7-9-20-13(10-17)11-21(29-20)22(28)26-19-12-15(24)4-8-18(19)25/h2-12H,25H2,1H3,(H,26,28). The van der Waals surface area contributed by atoms with Gasteiger partial charge in [-0.2, -0.15) is 0 Å². The van der Waals surface area contributed by atoms with E-state index in [9.17, 15) is 13.6 Å². The van der Waals surface area contributed by atoms with E-state index in [0.717, 1.165) is 17.4 Å². The number of rotatable bonds is 4. The fourth-order valence-electron chi connectivity index (χ4n) is 2.99. The molecule has 0 saturated carbocycles. The number of nitrogens with one attached hydrogen (secondary N) is 1. The molecular formula is C22H17F2N3O2. The molecule has 1 heterocycles. The summed E-state index contributed by atoms with van der Waals surface area (Å²) in [6.07, 6.45) is 0. The largest absolute Gasteiger partial charge is 0.451 e. The van der Waals surface area contributed by atoms with Gasteiger partial charge in [0.2, 0.25) is 0 Å². The van der Waals surface area contributed by atoms with E-state index in [1.807, 2.05) is 24.1 Å². The Morgan fingerprint density at radius 3 is 2.38 bits per heavy atom. The highest BCUT2D eigenvalue weighted by molar-refractivity contribution is 6.06. The maximum absolute atomic E-state index is 13.4. The zero-order valence-electron chi connectivity index (χ0n) is 15.4. The molecule has 5 nitrogen and oxygen atoms in total. The summed E-state index contributed by atoms with van der Waals surface area (Å²) < 4.78 is 32.2. The van der Waals surface area contributed by atoms with Crippen molar-refractivity contribution in [1.29, 1.82) is 0 Å². The molecule has 146 valence electrons. The molecule has 4 rings (SSSR count). The van der Waals surface area contributed by atoms with Crippen LogP contribution in [0, 0.1) is 11.6 Å². The number of nitrogens with two attached hydrogens (primary N) is 1. The predicted octanol–water partition coefficient (Wildman–Crippen LogP) is 5.31. The summed E-state index contributed by atoms with van der Waals surface area (Å²) in [7, 11) is 1.86. The monoisotopic (exact) mass is 393 g/mol. The van der Waals surface area contributed by atoms with Crippen LogP contribution in [0.15, 0.2) is 71.1 Å². The number of amides is 1. The molecule has 3 aromatic carbocycles. The Bertz CT molecular complexity index is 1200. The Balaban J connectivity index is 1.60. The number of carbonyl (C=O) groups is 1. The van der Waals surface area contributed by atoms with Crippen molar-refractivity contribution in [1.82, 2.24) is 0 Å². The Morgan fingerprint density at radius 1 is 0.931 bits per heavy atom. The van der Waals surface area contributed by atoms with Gasteiger partial charge in [0.05, 0.1) is 11.4 Å². The van der Waals surface area contributed by atoms with Gasteiger partial charge in [-0.15, -0.1) is 0 Å². The number of anilines is 4. The molecule has 0 aliphatic carbocycles. The lowest BCUT2D eigenvalue weighted by Crippen LogP contribution is -2.12. The number of hydrogen-bond acceptors (Lipinski definition) is 4. The molecule has 0 spiro atoms. The number of hydrogen-bond donors (Lipinski definition) is 2. The number of nitrogen functional groups attached to an aromatic ring is 1. The summed E-state index contributed by atoms with van der Waals surface area (Å²) in [6.45, 7) is 0. The first kappa shape index (κ1) is 18.5. The molecule has 4 aromatic rings. The molecule has 1 amide bonds. The van der Waals surface area contributed by atoms with E-state index >= 15 is 0 Å². The van der Waals surface area contributed by atoms with Crippen molar-refractivity contribution < 1.29 is 18.0 Å². The summed E-state index contributed by atoms with van der Waals surface area (Å²) in [5.74, 6) is -1.27. The van der Waals surface area contributed by atoms with Crippen LogP contribution in [0.25, 0.3) is 11.0 Å². The van der Waals surface area contributed by atoms with Crippen LogP contribution in [0.2, 0.25) is 0 Å². The normalized spacial score (nSPS) is 10.9. The molecule has 0 radical (unpaired) electrons. The van der Waals surface area contributed by atoms with Gasteiger partial charge in [0.25, 0.3) is 5.91 Å². The maximum Gasteiger partial charge on any atom is 0.291 e. The average Bonchev–Trinajstić information content (AvgIpc) is 3.14. The highest BCUT2D eigenvalue weighted by atomic mass is 19.1. The molecule has 0 unspecified atom stereocenters. The molecule has 1 aromatic heterocycles. The van der Waals surface area contributed by atoms with E-state index in [1.54, 1.807) is 24.3 Å². The molecule has 3 N–H and O–H groups in total. The second-order valence-electron chi connectivity index (χ2n) is 6.55. The molecule has 0 bridgehead atoms. The van der Waals surface area contributed by atoms with Crippen LogP contribution >= 0.6 is 0 Å². The molecule has 7 heteroatoms. The van der Waals surface area contributed by atoms with E-state index < -0.39 is 11.7 Å². The van der Waals surface area contributed by atoms with Crippen LogP contribution in [-0.4, -0.2) is 13.0 Å². The molecular weight excluding hydrogens is 376 g/mol. The number of halogens is 2. The van der Waals surface area contributed by atoms with Crippen LogP contribution in [-0.2, 0) is 0 Å². The van der Waals surface area contributed by atoms with Crippen LogP contribution in [0.1, 0.15) is 10.6 Å². The Morgan fingerprint density at radius 2 is 1.62 bits per heavy atom. The molecule has 0 saturated heterocycles. The topological polar surface area (TPSA) is 71.5 Å². The summed E-state index contributed by atoms with van der Waals surface area (Å²) in [4.78, 5) is 14.4. The predicted molar refractivity (Wildman–Crippen MR) is 109 cm³/mol. The van der Waals surface area contributed by atoms with Gasteiger partial charge < -0.3 is 20.4 Å². The third-order valence-electron chi connectivity index (χ3n) is 4.59. The number of carbonyl (C=O) groups excluding carboxylic acids is 1. The highest BCUT2D eigenvalue weighted by Gasteiger charge is 2.15. The molecule has 0 aliphatic rings. The third kappa shape index (κ3) is 3.75. The molecule has 0 fully saturated rings. The van der Waals surface area contributed by atoms with Gasteiger partial charge in [-0.1, -0.05) is 0 Å². The smallest absolute Gasteiger partial charge is 0.291 e. The molecule has 0 atom stereocenters. The lowest BCUT2D eigenvalue weighted by molar-refractivity contribution is 0.0998. The Labute approximate surface area is 165 Å². The second kappa shape index (κ2) is 7.27. The third-order valence-corrected chi connectivity index (χ3v) is 4.59. The Kier molecular flexibility index (Phi) is 4.64. The zero-order chi connectivity index (χ0) is 20.5. The van der Waals surface area contributed by atoms with Crippen molar-refractivity contribution in [3.8, 4) is 0 Å². The number of furan rings is 1. The van der Waals surface area contributed by atoms with Gasteiger partial charge >= 0.3 is 0 Å². The fourth-order valence-corrected chi connectivity index (χ4v) is 2.99. The second-order valence-corrected chi connectivity index (χ2v) is 6.55. The molecule has 29 heavy (non-hydrogen) atoms. The van der Waals surface area contributed by atoms with Gasteiger partial charge in [-0.3, -0.25) is 4.79 Å². The van der Waals surface area contributed by atoms with Crippen LogP contribution in [0.4, 0.5) is 31.5 Å². The van der Waals surface area contributed by atoms with Crippen molar-refractivity contribution in [2.24, 2.45) is 0 Å².